The molecule has 22 heavy (non-hydrogen) atoms. The Balaban J connectivity index is 1.79. The molecule has 1 aliphatic heterocycles. The van der Waals surface area contributed by atoms with Gasteiger partial charge in [0, 0.05) is 30.5 Å². The van der Waals surface area contributed by atoms with Gasteiger partial charge in [-0.2, -0.15) is 0 Å². The lowest BCUT2D eigenvalue weighted by Gasteiger charge is -2.08. The van der Waals surface area contributed by atoms with Crippen molar-refractivity contribution in [2.24, 2.45) is 5.92 Å². The zero-order chi connectivity index (χ0) is 15.5. The van der Waals surface area contributed by atoms with Crippen LogP contribution in [0.2, 0.25) is 0 Å². The maximum atomic E-state index is 12.3. The minimum absolute atomic E-state index is 0.121. The number of aromatic amines is 1. The van der Waals surface area contributed by atoms with Crippen LogP contribution in [0.3, 0.4) is 0 Å². The molecule has 3 rings (SSSR count). The third kappa shape index (κ3) is 2.87. The Morgan fingerprint density at radius 2 is 2.23 bits per heavy atom. The van der Waals surface area contributed by atoms with Crippen LogP contribution in [0.5, 0.6) is 11.5 Å². The van der Waals surface area contributed by atoms with Crippen LogP contribution in [0.4, 0.5) is 0 Å². The molecule has 1 amide bonds. The Morgan fingerprint density at radius 3 is 2.91 bits per heavy atom. The molecule has 2 heterocycles. The van der Waals surface area contributed by atoms with Gasteiger partial charge in [-0.1, -0.05) is 0 Å². The van der Waals surface area contributed by atoms with Crippen molar-refractivity contribution in [1.82, 2.24) is 10.3 Å². The van der Waals surface area contributed by atoms with Crippen molar-refractivity contribution in [1.29, 1.82) is 0 Å². The van der Waals surface area contributed by atoms with E-state index in [4.69, 9.17) is 14.2 Å². The summed E-state index contributed by atoms with van der Waals surface area (Å²) in [5.74, 6) is 1.63. The van der Waals surface area contributed by atoms with Crippen molar-refractivity contribution >= 4 is 16.8 Å². The Hall–Kier alpha value is -2.21. The van der Waals surface area contributed by atoms with Gasteiger partial charge < -0.3 is 24.5 Å². The van der Waals surface area contributed by atoms with Gasteiger partial charge in [-0.15, -0.1) is 0 Å². The van der Waals surface area contributed by atoms with E-state index in [1.54, 1.807) is 26.4 Å². The second-order valence-electron chi connectivity index (χ2n) is 5.42. The highest BCUT2D eigenvalue weighted by Gasteiger charge is 2.18. The topological polar surface area (TPSA) is 72.6 Å². The molecule has 0 bridgehead atoms. The van der Waals surface area contributed by atoms with E-state index in [2.05, 4.69) is 10.3 Å². The van der Waals surface area contributed by atoms with Crippen LogP contribution in [0.1, 0.15) is 16.9 Å². The van der Waals surface area contributed by atoms with E-state index in [9.17, 15) is 4.79 Å². The molecule has 1 fully saturated rings. The van der Waals surface area contributed by atoms with Crippen LogP contribution in [-0.4, -0.2) is 44.9 Å². The lowest BCUT2D eigenvalue weighted by Crippen LogP contribution is -2.29. The van der Waals surface area contributed by atoms with Crippen LogP contribution in [0, 0.1) is 5.92 Å². The van der Waals surface area contributed by atoms with Crippen molar-refractivity contribution in [2.75, 3.05) is 34.0 Å². The minimum atomic E-state index is -0.121. The quantitative estimate of drug-likeness (QED) is 0.885. The minimum Gasteiger partial charge on any atom is -0.497 e. The second kappa shape index (κ2) is 6.27. The molecular formula is C16H20N2O4. The van der Waals surface area contributed by atoms with Gasteiger partial charge in [0.15, 0.2) is 0 Å². The predicted molar refractivity (Wildman–Crippen MR) is 82.7 cm³/mol. The van der Waals surface area contributed by atoms with Gasteiger partial charge in [0.25, 0.3) is 5.91 Å². The SMILES string of the molecule is COc1cc(OC)c2[nH]c(C(=O)NC[C@@H]3CCOC3)cc2c1. The van der Waals surface area contributed by atoms with Crippen molar-refractivity contribution < 1.29 is 19.0 Å². The molecule has 118 valence electrons. The first kappa shape index (κ1) is 14.7. The third-order valence-electron chi connectivity index (χ3n) is 3.94. The summed E-state index contributed by atoms with van der Waals surface area (Å²) in [5, 5.41) is 3.83. The highest BCUT2D eigenvalue weighted by Crippen LogP contribution is 2.31. The van der Waals surface area contributed by atoms with Gasteiger partial charge >= 0.3 is 0 Å². The molecule has 1 atom stereocenters. The van der Waals surface area contributed by atoms with Gasteiger partial charge in [-0.3, -0.25) is 4.79 Å². The zero-order valence-corrected chi connectivity index (χ0v) is 12.8. The van der Waals surface area contributed by atoms with E-state index >= 15 is 0 Å². The molecule has 1 saturated heterocycles. The first-order valence-electron chi connectivity index (χ1n) is 7.32. The van der Waals surface area contributed by atoms with Crippen LogP contribution in [0.25, 0.3) is 10.9 Å². The maximum absolute atomic E-state index is 12.3. The molecule has 6 nitrogen and oxygen atoms in total. The summed E-state index contributed by atoms with van der Waals surface area (Å²) in [6, 6.07) is 5.47. The lowest BCUT2D eigenvalue weighted by atomic mass is 10.1. The number of methoxy groups -OCH3 is 2. The molecule has 2 aromatic rings. The Morgan fingerprint density at radius 1 is 1.36 bits per heavy atom. The van der Waals surface area contributed by atoms with Crippen molar-refractivity contribution in [3.05, 3.63) is 23.9 Å². The highest BCUT2D eigenvalue weighted by atomic mass is 16.5. The molecule has 0 radical (unpaired) electrons. The summed E-state index contributed by atoms with van der Waals surface area (Å²) in [4.78, 5) is 15.4. The number of fused-ring (bicyclic) bond motifs is 1. The summed E-state index contributed by atoms with van der Waals surface area (Å²) in [6.07, 6.45) is 0.998. The van der Waals surface area contributed by atoms with E-state index in [-0.39, 0.29) is 5.91 Å². The number of carbonyl (C=O) groups excluding carboxylic acids is 1. The van der Waals surface area contributed by atoms with E-state index in [0.29, 0.717) is 29.7 Å². The summed E-state index contributed by atoms with van der Waals surface area (Å²) >= 11 is 0. The number of aromatic nitrogens is 1. The number of benzene rings is 1. The van der Waals surface area contributed by atoms with E-state index < -0.39 is 0 Å². The molecule has 1 aliphatic rings. The monoisotopic (exact) mass is 304 g/mol. The fraction of sp³-hybridized carbons (Fsp3) is 0.438. The number of amides is 1. The summed E-state index contributed by atoms with van der Waals surface area (Å²) < 4.78 is 15.9. The lowest BCUT2D eigenvalue weighted by molar-refractivity contribution is 0.0941. The number of ether oxygens (including phenoxy) is 3. The number of rotatable bonds is 5. The number of nitrogens with one attached hydrogen (secondary N) is 2. The van der Waals surface area contributed by atoms with Gasteiger partial charge in [0.1, 0.15) is 17.2 Å². The van der Waals surface area contributed by atoms with Gasteiger partial charge in [0.2, 0.25) is 0 Å². The van der Waals surface area contributed by atoms with Crippen molar-refractivity contribution in [3.8, 4) is 11.5 Å². The van der Waals surface area contributed by atoms with Gasteiger partial charge in [-0.25, -0.2) is 0 Å². The molecule has 6 heteroatoms. The fourth-order valence-corrected chi connectivity index (χ4v) is 2.66. The Kier molecular flexibility index (Phi) is 4.20. The third-order valence-corrected chi connectivity index (χ3v) is 3.94. The first-order chi connectivity index (χ1) is 10.7. The van der Waals surface area contributed by atoms with Crippen LogP contribution in [-0.2, 0) is 4.74 Å². The number of hydrogen-bond donors (Lipinski definition) is 2. The van der Waals surface area contributed by atoms with Gasteiger partial charge in [-0.05, 0) is 18.6 Å². The standard InChI is InChI=1S/C16H20N2O4/c1-20-12-5-11-6-13(18-15(11)14(7-12)21-2)16(19)17-8-10-3-4-22-9-10/h5-7,10,18H,3-4,8-9H2,1-2H3,(H,17,19)/t10-/m0/s1. The van der Waals surface area contributed by atoms with E-state index in [1.807, 2.05) is 6.07 Å². The molecule has 0 unspecified atom stereocenters. The summed E-state index contributed by atoms with van der Waals surface area (Å²) in [6.45, 7) is 2.14. The Labute approximate surface area is 128 Å². The average Bonchev–Trinajstić information content (AvgIpc) is 3.20. The molecular weight excluding hydrogens is 284 g/mol. The number of carbonyl (C=O) groups is 1. The molecule has 0 saturated carbocycles. The molecule has 0 spiro atoms. The summed E-state index contributed by atoms with van der Waals surface area (Å²) in [7, 11) is 3.19. The normalized spacial score (nSPS) is 17.6. The van der Waals surface area contributed by atoms with Crippen LogP contribution >= 0.6 is 0 Å². The first-order valence-corrected chi connectivity index (χ1v) is 7.32. The number of H-pyrrole nitrogens is 1. The Bertz CT molecular complexity index is 674. The molecule has 0 aliphatic carbocycles. The summed E-state index contributed by atoms with van der Waals surface area (Å²) in [5.41, 5.74) is 1.30. The molecule has 1 aromatic carbocycles. The number of hydrogen-bond acceptors (Lipinski definition) is 4. The van der Waals surface area contributed by atoms with E-state index in [0.717, 1.165) is 30.5 Å². The van der Waals surface area contributed by atoms with Crippen LogP contribution in [0.15, 0.2) is 18.2 Å². The highest BCUT2D eigenvalue weighted by molar-refractivity contribution is 5.99. The fourth-order valence-electron chi connectivity index (χ4n) is 2.66. The molecule has 1 aromatic heterocycles. The largest absolute Gasteiger partial charge is 0.497 e. The van der Waals surface area contributed by atoms with E-state index in [1.165, 1.54) is 0 Å². The van der Waals surface area contributed by atoms with Crippen molar-refractivity contribution in [2.45, 2.75) is 6.42 Å². The van der Waals surface area contributed by atoms with Crippen LogP contribution < -0.4 is 14.8 Å². The molecule has 2 N–H and O–H groups in total. The zero-order valence-electron chi connectivity index (χ0n) is 12.8. The van der Waals surface area contributed by atoms with Gasteiger partial charge in [0.05, 0.1) is 26.3 Å². The predicted octanol–water partition coefficient (Wildman–Crippen LogP) is 1.95. The van der Waals surface area contributed by atoms with Crippen molar-refractivity contribution in [3.63, 3.8) is 0 Å². The smallest absolute Gasteiger partial charge is 0.267 e. The average molecular weight is 304 g/mol. The second-order valence-corrected chi connectivity index (χ2v) is 5.42. The maximum Gasteiger partial charge on any atom is 0.267 e.